The number of carboxylic acid groups (broad SMARTS) is 1. The number of rotatable bonds is 3. The van der Waals surface area contributed by atoms with Gasteiger partial charge in [0, 0.05) is 18.5 Å². The molecule has 6 nitrogen and oxygen atoms in total. The SMILES string of the molecule is CC(NC(=O)C(C)(C)C)C(=O)N1CCC2(CC1)CC2C(=O)O. The summed E-state index contributed by atoms with van der Waals surface area (Å²) >= 11 is 0. The summed E-state index contributed by atoms with van der Waals surface area (Å²) in [5.41, 5.74) is -0.607. The van der Waals surface area contributed by atoms with Crippen LogP contribution in [0.1, 0.15) is 47.0 Å². The molecule has 0 aromatic heterocycles. The van der Waals surface area contributed by atoms with Gasteiger partial charge in [0.25, 0.3) is 0 Å². The number of piperidine rings is 1. The number of hydrogen-bond donors (Lipinski definition) is 2. The first kappa shape index (κ1) is 16.8. The van der Waals surface area contributed by atoms with Crippen molar-refractivity contribution in [3.8, 4) is 0 Å². The van der Waals surface area contributed by atoms with E-state index in [0.717, 1.165) is 19.3 Å². The molecular weight excluding hydrogens is 284 g/mol. The molecule has 1 spiro atoms. The van der Waals surface area contributed by atoms with Gasteiger partial charge in [0.05, 0.1) is 5.92 Å². The number of carbonyl (C=O) groups is 3. The molecule has 6 heteroatoms. The third-order valence-electron chi connectivity index (χ3n) is 4.96. The van der Waals surface area contributed by atoms with Crippen molar-refractivity contribution < 1.29 is 19.5 Å². The molecule has 2 N–H and O–H groups in total. The monoisotopic (exact) mass is 310 g/mol. The van der Waals surface area contributed by atoms with E-state index in [1.807, 2.05) is 20.8 Å². The zero-order chi connectivity index (χ0) is 16.7. The van der Waals surface area contributed by atoms with E-state index in [2.05, 4.69) is 5.32 Å². The lowest BCUT2D eigenvalue weighted by atomic mass is 9.90. The van der Waals surface area contributed by atoms with Crippen LogP contribution in [-0.4, -0.2) is 46.9 Å². The summed E-state index contributed by atoms with van der Waals surface area (Å²) in [6.07, 6.45) is 2.23. The molecule has 2 aliphatic rings. The molecule has 2 amide bonds. The lowest BCUT2D eigenvalue weighted by molar-refractivity contribution is -0.141. The fraction of sp³-hybridized carbons (Fsp3) is 0.812. The number of hydrogen-bond acceptors (Lipinski definition) is 3. The third kappa shape index (κ3) is 3.25. The molecule has 2 atom stereocenters. The summed E-state index contributed by atoms with van der Waals surface area (Å²) in [6, 6.07) is -0.546. The molecule has 2 unspecified atom stereocenters. The normalized spacial score (nSPS) is 24.7. The van der Waals surface area contributed by atoms with Gasteiger partial charge in [-0.25, -0.2) is 0 Å². The van der Waals surface area contributed by atoms with Gasteiger partial charge in [0.2, 0.25) is 11.8 Å². The highest BCUT2D eigenvalue weighted by Crippen LogP contribution is 2.59. The number of nitrogens with zero attached hydrogens (tertiary/aromatic N) is 1. The number of carbonyl (C=O) groups excluding carboxylic acids is 2. The molecule has 1 saturated carbocycles. The van der Waals surface area contributed by atoms with E-state index in [1.54, 1.807) is 11.8 Å². The van der Waals surface area contributed by atoms with Crippen molar-refractivity contribution in [2.45, 2.75) is 53.0 Å². The summed E-state index contributed by atoms with van der Waals surface area (Å²) in [7, 11) is 0. The Morgan fingerprint density at radius 2 is 1.77 bits per heavy atom. The van der Waals surface area contributed by atoms with E-state index in [0.29, 0.717) is 13.1 Å². The van der Waals surface area contributed by atoms with Gasteiger partial charge >= 0.3 is 5.97 Å². The summed E-state index contributed by atoms with van der Waals surface area (Å²) < 4.78 is 0. The molecule has 2 fully saturated rings. The zero-order valence-corrected chi connectivity index (χ0v) is 13.8. The van der Waals surface area contributed by atoms with Gasteiger partial charge in [-0.05, 0) is 31.6 Å². The van der Waals surface area contributed by atoms with E-state index in [4.69, 9.17) is 5.11 Å². The van der Waals surface area contributed by atoms with Crippen molar-refractivity contribution in [3.05, 3.63) is 0 Å². The average molecular weight is 310 g/mol. The minimum Gasteiger partial charge on any atom is -0.481 e. The van der Waals surface area contributed by atoms with Crippen LogP contribution in [0.4, 0.5) is 0 Å². The van der Waals surface area contributed by atoms with Crippen LogP contribution in [0.15, 0.2) is 0 Å². The molecular formula is C16H26N2O4. The van der Waals surface area contributed by atoms with E-state index in [1.165, 1.54) is 0 Å². The number of aliphatic carboxylic acids is 1. The maximum Gasteiger partial charge on any atom is 0.307 e. The molecule has 124 valence electrons. The highest BCUT2D eigenvalue weighted by molar-refractivity contribution is 5.89. The van der Waals surface area contributed by atoms with Crippen molar-refractivity contribution in [1.29, 1.82) is 0 Å². The summed E-state index contributed by atoms with van der Waals surface area (Å²) in [4.78, 5) is 37.1. The van der Waals surface area contributed by atoms with Gasteiger partial charge in [-0.15, -0.1) is 0 Å². The Kier molecular flexibility index (Phi) is 4.24. The first-order valence-electron chi connectivity index (χ1n) is 7.89. The van der Waals surface area contributed by atoms with Gasteiger partial charge in [0.1, 0.15) is 6.04 Å². The van der Waals surface area contributed by atoms with E-state index < -0.39 is 17.4 Å². The summed E-state index contributed by atoms with van der Waals surface area (Å²) in [5, 5.41) is 11.8. The average Bonchev–Trinajstić information content (AvgIpc) is 3.12. The second-order valence-electron chi connectivity index (χ2n) is 7.73. The highest BCUT2D eigenvalue weighted by atomic mass is 16.4. The first-order chi connectivity index (χ1) is 10.1. The Labute approximate surface area is 131 Å². The highest BCUT2D eigenvalue weighted by Gasteiger charge is 2.59. The second kappa shape index (κ2) is 5.56. The van der Waals surface area contributed by atoms with Crippen molar-refractivity contribution >= 4 is 17.8 Å². The summed E-state index contributed by atoms with van der Waals surface area (Å²) in [5.74, 6) is -1.18. The van der Waals surface area contributed by atoms with Gasteiger partial charge in [0.15, 0.2) is 0 Å². The van der Waals surface area contributed by atoms with Crippen LogP contribution in [0.25, 0.3) is 0 Å². The molecule has 1 aliphatic carbocycles. The van der Waals surface area contributed by atoms with E-state index in [9.17, 15) is 14.4 Å². The van der Waals surface area contributed by atoms with Gasteiger partial charge in [-0.1, -0.05) is 20.8 Å². The Balaban J connectivity index is 1.85. The van der Waals surface area contributed by atoms with Crippen LogP contribution in [0, 0.1) is 16.7 Å². The van der Waals surface area contributed by atoms with Crippen molar-refractivity contribution in [2.75, 3.05) is 13.1 Å². The van der Waals surface area contributed by atoms with Crippen molar-refractivity contribution in [1.82, 2.24) is 10.2 Å². The number of nitrogens with one attached hydrogen (secondary N) is 1. The van der Waals surface area contributed by atoms with E-state index >= 15 is 0 Å². The Hall–Kier alpha value is -1.59. The van der Waals surface area contributed by atoms with Crippen LogP contribution >= 0.6 is 0 Å². The minimum absolute atomic E-state index is 0.0828. The molecule has 0 bridgehead atoms. The van der Waals surface area contributed by atoms with Gasteiger partial charge in [-0.2, -0.15) is 0 Å². The molecule has 2 rings (SSSR count). The molecule has 0 aromatic rings. The smallest absolute Gasteiger partial charge is 0.307 e. The van der Waals surface area contributed by atoms with Crippen LogP contribution < -0.4 is 5.32 Å². The van der Waals surface area contributed by atoms with Gasteiger partial charge < -0.3 is 15.3 Å². The molecule has 0 aromatic carbocycles. The predicted octanol–water partition coefficient (Wildman–Crippen LogP) is 1.25. The van der Waals surface area contributed by atoms with Crippen molar-refractivity contribution in [2.24, 2.45) is 16.7 Å². The first-order valence-corrected chi connectivity index (χ1v) is 7.89. The number of amides is 2. The maximum atomic E-state index is 12.4. The third-order valence-corrected chi connectivity index (χ3v) is 4.96. The van der Waals surface area contributed by atoms with Crippen LogP contribution in [-0.2, 0) is 14.4 Å². The Morgan fingerprint density at radius 3 is 2.18 bits per heavy atom. The van der Waals surface area contributed by atoms with Crippen LogP contribution in [0.5, 0.6) is 0 Å². The standard InChI is InChI=1S/C16H26N2O4/c1-10(17-14(22)15(2,3)4)12(19)18-7-5-16(6-8-18)9-11(16)13(20)21/h10-11H,5-9H2,1-4H3,(H,17,22)(H,20,21). The topological polar surface area (TPSA) is 86.7 Å². The molecule has 1 aliphatic heterocycles. The summed E-state index contributed by atoms with van der Waals surface area (Å²) in [6.45, 7) is 8.29. The predicted molar refractivity (Wildman–Crippen MR) is 81.0 cm³/mol. The van der Waals surface area contributed by atoms with Gasteiger partial charge in [-0.3, -0.25) is 14.4 Å². The minimum atomic E-state index is -0.717. The zero-order valence-electron chi connectivity index (χ0n) is 13.8. The molecule has 22 heavy (non-hydrogen) atoms. The number of carboxylic acids is 1. The molecule has 0 radical (unpaired) electrons. The lowest BCUT2D eigenvalue weighted by Crippen LogP contribution is -2.51. The van der Waals surface area contributed by atoms with Crippen molar-refractivity contribution in [3.63, 3.8) is 0 Å². The fourth-order valence-corrected chi connectivity index (χ4v) is 3.17. The van der Waals surface area contributed by atoms with E-state index in [-0.39, 0.29) is 23.1 Å². The Morgan fingerprint density at radius 1 is 1.23 bits per heavy atom. The quantitative estimate of drug-likeness (QED) is 0.821. The Bertz CT molecular complexity index is 487. The fourth-order valence-electron chi connectivity index (χ4n) is 3.17. The number of likely N-dealkylation sites (tertiary alicyclic amines) is 1. The largest absolute Gasteiger partial charge is 0.481 e. The maximum absolute atomic E-state index is 12.4. The second-order valence-corrected chi connectivity index (χ2v) is 7.73. The lowest BCUT2D eigenvalue weighted by Gasteiger charge is -2.34. The molecule has 1 heterocycles. The van der Waals surface area contributed by atoms with Crippen LogP contribution in [0.3, 0.4) is 0 Å². The molecule has 1 saturated heterocycles. The van der Waals surface area contributed by atoms with Crippen LogP contribution in [0.2, 0.25) is 0 Å².